The second-order valence-electron chi connectivity index (χ2n) is 15.2. The minimum absolute atomic E-state index is 0.0600. The van der Waals surface area contributed by atoms with Crippen molar-refractivity contribution >= 4 is 33.2 Å². The van der Waals surface area contributed by atoms with Crippen LogP contribution in [-0.4, -0.2) is 63.2 Å². The number of nitrogens with zero attached hydrogens (tertiary/aromatic N) is 1. The summed E-state index contributed by atoms with van der Waals surface area (Å²) in [6.07, 6.45) is 9.41. The van der Waals surface area contributed by atoms with Crippen molar-refractivity contribution in [2.45, 2.75) is 95.0 Å². The molecule has 2 aromatic carbocycles. The van der Waals surface area contributed by atoms with Crippen molar-refractivity contribution in [2.24, 2.45) is 23.7 Å². The van der Waals surface area contributed by atoms with Crippen LogP contribution >= 0.6 is 11.6 Å². The van der Waals surface area contributed by atoms with Crippen LogP contribution in [0.2, 0.25) is 5.02 Å². The molecule has 262 valence electrons. The third kappa shape index (κ3) is 6.64. The fourth-order valence-electron chi connectivity index (χ4n) is 8.44. The zero-order chi connectivity index (χ0) is 34.4. The Balaban J connectivity index is 1.46. The molecule has 0 saturated heterocycles. The minimum atomic E-state index is -3.97. The van der Waals surface area contributed by atoms with Crippen LogP contribution in [0.5, 0.6) is 5.75 Å². The van der Waals surface area contributed by atoms with Crippen LogP contribution in [0.25, 0.3) is 0 Å². The van der Waals surface area contributed by atoms with Crippen LogP contribution in [0.4, 0.5) is 5.69 Å². The van der Waals surface area contributed by atoms with E-state index in [0.29, 0.717) is 38.3 Å². The number of aliphatic hydroxyl groups is 1. The summed E-state index contributed by atoms with van der Waals surface area (Å²) in [5.74, 6) is 0.237. The maximum absolute atomic E-state index is 13.5. The summed E-state index contributed by atoms with van der Waals surface area (Å²) in [5, 5.41) is 11.1. The summed E-state index contributed by atoms with van der Waals surface area (Å²) in [6.45, 7) is 9.45. The first-order valence-electron chi connectivity index (χ1n) is 17.5. The number of halogens is 1. The van der Waals surface area contributed by atoms with Gasteiger partial charge in [-0.15, -0.1) is 0 Å². The molecule has 4 aliphatic rings. The number of benzene rings is 2. The van der Waals surface area contributed by atoms with Gasteiger partial charge in [-0.1, -0.05) is 50.6 Å². The van der Waals surface area contributed by atoms with Gasteiger partial charge in [0.1, 0.15) is 5.75 Å². The Morgan fingerprint density at radius 2 is 1.96 bits per heavy atom. The molecule has 2 bridgehead atoms. The summed E-state index contributed by atoms with van der Waals surface area (Å²) in [6, 6.07) is 11.5. The molecule has 2 aliphatic carbocycles. The van der Waals surface area contributed by atoms with Gasteiger partial charge in [0.15, 0.2) is 0 Å². The molecular weight excluding hydrogens is 648 g/mol. The lowest BCUT2D eigenvalue weighted by atomic mass is 9.62. The van der Waals surface area contributed by atoms with E-state index in [-0.39, 0.29) is 34.7 Å². The van der Waals surface area contributed by atoms with Gasteiger partial charge in [0.25, 0.3) is 5.91 Å². The van der Waals surface area contributed by atoms with Crippen molar-refractivity contribution in [3.63, 3.8) is 0 Å². The highest BCUT2D eigenvalue weighted by Gasteiger charge is 2.50. The zero-order valence-electron chi connectivity index (χ0n) is 28.9. The Morgan fingerprint density at radius 1 is 1.17 bits per heavy atom. The second kappa shape index (κ2) is 13.6. The second-order valence-corrected chi connectivity index (χ2v) is 17.7. The molecule has 1 fully saturated rings. The molecule has 10 heteroatoms. The third-order valence-corrected chi connectivity index (χ3v) is 14.1. The highest BCUT2D eigenvalue weighted by atomic mass is 35.5. The number of rotatable bonds is 4. The number of carbonyl (C=O) groups is 1. The normalized spacial score (nSPS) is 33.0. The van der Waals surface area contributed by atoms with E-state index in [1.807, 2.05) is 39.0 Å². The average molecular weight is 699 g/mol. The van der Waals surface area contributed by atoms with Gasteiger partial charge >= 0.3 is 0 Å². The first kappa shape index (κ1) is 35.2. The van der Waals surface area contributed by atoms with E-state index >= 15 is 0 Å². The van der Waals surface area contributed by atoms with Gasteiger partial charge in [0.05, 0.1) is 29.2 Å². The Labute approximate surface area is 291 Å². The molecule has 2 aliphatic heterocycles. The quantitative estimate of drug-likeness (QED) is 0.344. The van der Waals surface area contributed by atoms with Crippen molar-refractivity contribution in [1.82, 2.24) is 4.72 Å². The van der Waals surface area contributed by atoms with Gasteiger partial charge in [-0.05, 0) is 111 Å². The summed E-state index contributed by atoms with van der Waals surface area (Å²) < 4.78 is 42.3. The van der Waals surface area contributed by atoms with Gasteiger partial charge < -0.3 is 19.5 Å². The summed E-state index contributed by atoms with van der Waals surface area (Å²) in [4.78, 5) is 15.9. The number of sulfonamides is 1. The molecule has 8 nitrogen and oxygen atoms in total. The van der Waals surface area contributed by atoms with Crippen LogP contribution in [0.1, 0.15) is 87.7 Å². The minimum Gasteiger partial charge on any atom is -0.490 e. The molecule has 2 N–H and O–H groups in total. The van der Waals surface area contributed by atoms with E-state index in [1.54, 1.807) is 26.2 Å². The van der Waals surface area contributed by atoms with Crippen LogP contribution in [0.15, 0.2) is 48.6 Å². The fourth-order valence-corrected chi connectivity index (χ4v) is 9.92. The number of fused-ring (bicyclic) bond motifs is 4. The Bertz CT molecular complexity index is 1660. The number of allylic oxidation sites excluding steroid dienone is 1. The number of hydrogen-bond donors (Lipinski definition) is 2. The number of nitrogens with one attached hydrogen (secondary N) is 1. The van der Waals surface area contributed by atoms with E-state index in [2.05, 4.69) is 27.8 Å². The van der Waals surface area contributed by atoms with Gasteiger partial charge in [-0.2, -0.15) is 0 Å². The predicted molar refractivity (Wildman–Crippen MR) is 190 cm³/mol. The van der Waals surface area contributed by atoms with Crippen LogP contribution in [0.3, 0.4) is 0 Å². The van der Waals surface area contributed by atoms with E-state index in [0.717, 1.165) is 42.8 Å². The Hall–Kier alpha value is -2.59. The Morgan fingerprint density at radius 3 is 2.67 bits per heavy atom. The lowest BCUT2D eigenvalue weighted by Crippen LogP contribution is -2.54. The molecule has 1 amide bonds. The number of carbonyl (C=O) groups excluding carboxylic acids is 1. The standard InChI is InChI=1S/C38H51ClN2O6S/c1-24(2)34(42)20-38(46-5)17-6-8-25(3)26(4)48(44,45)40-36(43)28-11-15-35-33(19-28)41(21-29-10-13-32(29)38)22-37(23-47-35)16-7-9-27-18-30(39)12-14-31(27)37/h6,11-12,14-15,17-19,24-26,29,32,34,42H,7-10,13,16,20-23H2,1-5H3,(H,40,43)/b17-6+/t25-,26+,29-,32+,34+,37-,38+/m0/s1. The lowest BCUT2D eigenvalue weighted by molar-refractivity contribution is -0.103. The number of hydrogen-bond acceptors (Lipinski definition) is 7. The molecule has 2 aromatic rings. The number of methoxy groups -OCH3 is 1. The van der Waals surface area contributed by atoms with Gasteiger partial charge in [-0.25, -0.2) is 13.1 Å². The van der Waals surface area contributed by atoms with Gasteiger partial charge in [0, 0.05) is 42.6 Å². The summed E-state index contributed by atoms with van der Waals surface area (Å²) in [7, 11) is -2.24. The molecule has 2 heterocycles. The van der Waals surface area contributed by atoms with Crippen molar-refractivity contribution in [3.8, 4) is 5.75 Å². The number of anilines is 1. The van der Waals surface area contributed by atoms with Crippen LogP contribution < -0.4 is 14.4 Å². The zero-order valence-corrected chi connectivity index (χ0v) is 30.4. The first-order chi connectivity index (χ1) is 22.8. The van der Waals surface area contributed by atoms with Crippen LogP contribution in [-0.2, 0) is 26.6 Å². The SMILES string of the molecule is CO[C@@]1(C[C@@H](O)C(C)C)/C=C/C[C@H](C)[C@@H](C)S(=O)(=O)NC(=O)c2ccc3c(c2)N(C[C@@H]2CC[C@H]21)C[C@@]1(CCCc2cc(Cl)ccc21)CO3. The van der Waals surface area contributed by atoms with E-state index in [4.69, 9.17) is 21.1 Å². The maximum atomic E-state index is 13.5. The first-order valence-corrected chi connectivity index (χ1v) is 19.5. The maximum Gasteiger partial charge on any atom is 0.264 e. The fraction of sp³-hybridized carbons (Fsp3) is 0.605. The molecule has 48 heavy (non-hydrogen) atoms. The van der Waals surface area contributed by atoms with Gasteiger partial charge in [0.2, 0.25) is 10.0 Å². The molecule has 0 unspecified atom stereocenters. The molecule has 0 aromatic heterocycles. The number of aliphatic hydroxyl groups excluding tert-OH is 1. The molecule has 7 atom stereocenters. The van der Waals surface area contributed by atoms with E-state index in [9.17, 15) is 18.3 Å². The molecule has 0 radical (unpaired) electrons. The average Bonchev–Trinajstić information content (AvgIpc) is 3.18. The highest BCUT2D eigenvalue weighted by molar-refractivity contribution is 7.90. The number of ether oxygens (including phenoxy) is 2. The van der Waals surface area contributed by atoms with Gasteiger partial charge in [-0.3, -0.25) is 4.79 Å². The summed E-state index contributed by atoms with van der Waals surface area (Å²) in [5.41, 5.74) is 2.57. The summed E-state index contributed by atoms with van der Waals surface area (Å²) >= 11 is 6.45. The lowest BCUT2D eigenvalue weighted by Gasteiger charge is -2.51. The largest absolute Gasteiger partial charge is 0.490 e. The molecular formula is C38H51ClN2O6S. The molecule has 6 rings (SSSR count). The smallest absolute Gasteiger partial charge is 0.264 e. The van der Waals surface area contributed by atoms with Crippen molar-refractivity contribution < 1.29 is 27.8 Å². The van der Waals surface area contributed by atoms with E-state index < -0.39 is 32.9 Å². The third-order valence-electron chi connectivity index (χ3n) is 11.9. The highest BCUT2D eigenvalue weighted by Crippen LogP contribution is 2.50. The number of amides is 1. The number of aryl methyl sites for hydroxylation is 1. The van der Waals surface area contributed by atoms with E-state index in [1.165, 1.54) is 11.1 Å². The topological polar surface area (TPSA) is 105 Å². The molecule has 1 spiro atoms. The van der Waals surface area contributed by atoms with Crippen molar-refractivity contribution in [3.05, 3.63) is 70.3 Å². The molecule has 1 saturated carbocycles. The monoisotopic (exact) mass is 698 g/mol. The van der Waals surface area contributed by atoms with Crippen LogP contribution in [0, 0.1) is 23.7 Å². The Kier molecular flexibility index (Phi) is 9.99. The predicted octanol–water partition coefficient (Wildman–Crippen LogP) is 6.68. The van der Waals surface area contributed by atoms with Crippen molar-refractivity contribution in [1.29, 1.82) is 0 Å². The van der Waals surface area contributed by atoms with Crippen molar-refractivity contribution in [2.75, 3.05) is 31.7 Å².